The number of halogens is 2. The molecule has 1 aromatic rings. The van der Waals surface area contributed by atoms with Crippen LogP contribution in [0.3, 0.4) is 0 Å². The highest BCUT2D eigenvalue weighted by Crippen LogP contribution is 2.25. The molecule has 0 bridgehead atoms. The topological polar surface area (TPSA) is 73.6 Å². The van der Waals surface area contributed by atoms with Crippen LogP contribution in [0.25, 0.3) is 0 Å². The van der Waals surface area contributed by atoms with Gasteiger partial charge in [0.25, 0.3) is 0 Å². The van der Waals surface area contributed by atoms with Crippen molar-refractivity contribution in [3.8, 4) is 5.75 Å². The molecule has 0 saturated carbocycles. The van der Waals surface area contributed by atoms with Gasteiger partial charge in [0.1, 0.15) is 17.6 Å². The second-order valence-electron chi connectivity index (χ2n) is 4.04. The molecule has 0 radical (unpaired) electrons. The van der Waals surface area contributed by atoms with Crippen molar-refractivity contribution in [3.05, 3.63) is 24.0 Å². The van der Waals surface area contributed by atoms with Crippen molar-refractivity contribution < 1.29 is 18.7 Å². The van der Waals surface area contributed by atoms with E-state index in [2.05, 4.69) is 5.32 Å². The average molecular weight is 307 g/mol. The maximum absolute atomic E-state index is 13.2. The van der Waals surface area contributed by atoms with Gasteiger partial charge in [0.05, 0.1) is 18.9 Å². The second-order valence-corrected chi connectivity index (χ2v) is 4.04. The monoisotopic (exact) mass is 306 g/mol. The van der Waals surface area contributed by atoms with Crippen LogP contribution in [0, 0.1) is 5.82 Å². The fraction of sp³-hybridized carbons (Fsp3) is 0.462. The Balaban J connectivity index is 0.00000361. The number of amides is 1. The van der Waals surface area contributed by atoms with Crippen LogP contribution in [0.1, 0.15) is 13.3 Å². The lowest BCUT2D eigenvalue weighted by Crippen LogP contribution is -2.39. The van der Waals surface area contributed by atoms with Crippen molar-refractivity contribution in [2.24, 2.45) is 5.73 Å². The Bertz CT molecular complexity index is 432. The third kappa shape index (κ3) is 5.73. The van der Waals surface area contributed by atoms with Crippen LogP contribution >= 0.6 is 12.4 Å². The van der Waals surface area contributed by atoms with Crippen molar-refractivity contribution in [2.45, 2.75) is 19.4 Å². The van der Waals surface area contributed by atoms with Crippen molar-refractivity contribution in [1.82, 2.24) is 0 Å². The van der Waals surface area contributed by atoms with Crippen molar-refractivity contribution in [2.75, 3.05) is 25.6 Å². The third-order valence-electron chi connectivity index (χ3n) is 2.35. The first kappa shape index (κ1) is 18.6. The standard InChI is InChI=1S/C13H19FN2O3.ClH/c1-3-6-19-12-7-9(14)4-5-11(12)16-13(17)10(15)8-18-2;/h4-5,7,10H,3,6,8,15H2,1-2H3,(H,16,17);1H. The molecule has 1 aromatic carbocycles. The highest BCUT2D eigenvalue weighted by Gasteiger charge is 2.15. The lowest BCUT2D eigenvalue weighted by atomic mass is 10.2. The predicted molar refractivity (Wildman–Crippen MR) is 77.9 cm³/mol. The number of carbonyl (C=O) groups excluding carboxylic acids is 1. The van der Waals surface area contributed by atoms with E-state index >= 15 is 0 Å². The van der Waals surface area contributed by atoms with Gasteiger partial charge in [-0.05, 0) is 18.6 Å². The Labute approximate surface area is 124 Å². The first-order valence-electron chi connectivity index (χ1n) is 6.06. The summed E-state index contributed by atoms with van der Waals surface area (Å²) in [6.45, 7) is 2.49. The molecule has 0 aromatic heterocycles. The van der Waals surface area contributed by atoms with Crippen LogP contribution in [0.15, 0.2) is 18.2 Å². The van der Waals surface area contributed by atoms with E-state index in [1.807, 2.05) is 6.92 Å². The van der Waals surface area contributed by atoms with Crippen LogP contribution in [-0.4, -0.2) is 32.3 Å². The summed E-state index contributed by atoms with van der Waals surface area (Å²) >= 11 is 0. The molecule has 1 unspecified atom stereocenters. The number of nitrogens with two attached hydrogens (primary N) is 1. The maximum Gasteiger partial charge on any atom is 0.243 e. The van der Waals surface area contributed by atoms with Gasteiger partial charge in [-0.1, -0.05) is 6.92 Å². The Morgan fingerprint density at radius 3 is 2.80 bits per heavy atom. The SMILES string of the molecule is CCCOc1cc(F)ccc1NC(=O)C(N)COC.Cl. The van der Waals surface area contributed by atoms with Gasteiger partial charge in [0.2, 0.25) is 5.91 Å². The van der Waals surface area contributed by atoms with E-state index in [4.69, 9.17) is 15.2 Å². The van der Waals surface area contributed by atoms with Gasteiger partial charge >= 0.3 is 0 Å². The Morgan fingerprint density at radius 1 is 1.50 bits per heavy atom. The van der Waals surface area contributed by atoms with E-state index in [-0.39, 0.29) is 19.0 Å². The van der Waals surface area contributed by atoms with Crippen molar-refractivity contribution in [1.29, 1.82) is 0 Å². The number of carbonyl (C=O) groups is 1. The van der Waals surface area contributed by atoms with E-state index in [0.717, 1.165) is 6.42 Å². The highest BCUT2D eigenvalue weighted by atomic mass is 35.5. The molecule has 5 nitrogen and oxygen atoms in total. The second kappa shape index (κ2) is 9.52. The minimum atomic E-state index is -0.783. The maximum atomic E-state index is 13.2. The predicted octanol–water partition coefficient (Wildman–Crippen LogP) is 1.95. The molecule has 7 heteroatoms. The summed E-state index contributed by atoms with van der Waals surface area (Å²) in [5.41, 5.74) is 6.00. The number of benzene rings is 1. The number of nitrogens with one attached hydrogen (secondary N) is 1. The summed E-state index contributed by atoms with van der Waals surface area (Å²) in [4.78, 5) is 11.7. The van der Waals surface area contributed by atoms with Gasteiger partial charge in [0, 0.05) is 13.2 Å². The molecule has 0 spiro atoms. The Morgan fingerprint density at radius 2 is 2.20 bits per heavy atom. The molecule has 1 rings (SSSR count). The first-order chi connectivity index (χ1) is 9.08. The fourth-order valence-electron chi connectivity index (χ4n) is 1.41. The van der Waals surface area contributed by atoms with Gasteiger partial charge in [-0.25, -0.2) is 4.39 Å². The molecule has 1 atom stereocenters. The quantitative estimate of drug-likeness (QED) is 0.807. The summed E-state index contributed by atoms with van der Waals surface area (Å²) in [6.07, 6.45) is 0.785. The molecule has 20 heavy (non-hydrogen) atoms. The van der Waals surface area contributed by atoms with Crippen LogP contribution in [0.2, 0.25) is 0 Å². The molecule has 0 aliphatic rings. The Hall–Kier alpha value is -1.37. The van der Waals surface area contributed by atoms with E-state index in [9.17, 15) is 9.18 Å². The molecule has 0 saturated heterocycles. The minimum Gasteiger partial charge on any atom is -0.491 e. The normalized spacial score (nSPS) is 11.4. The third-order valence-corrected chi connectivity index (χ3v) is 2.35. The Kier molecular flexibility index (Phi) is 8.87. The zero-order valence-corrected chi connectivity index (χ0v) is 12.3. The van der Waals surface area contributed by atoms with Crippen molar-refractivity contribution >= 4 is 24.0 Å². The zero-order chi connectivity index (χ0) is 14.3. The fourth-order valence-corrected chi connectivity index (χ4v) is 1.41. The number of rotatable bonds is 7. The molecule has 0 aliphatic heterocycles. The molecule has 0 fully saturated rings. The van der Waals surface area contributed by atoms with Crippen LogP contribution in [-0.2, 0) is 9.53 Å². The number of hydrogen-bond donors (Lipinski definition) is 2. The molecule has 1 amide bonds. The molecule has 3 N–H and O–H groups in total. The number of methoxy groups -OCH3 is 1. The summed E-state index contributed by atoms with van der Waals surface area (Å²) in [6, 6.07) is 3.13. The van der Waals surface area contributed by atoms with Gasteiger partial charge < -0.3 is 20.5 Å². The highest BCUT2D eigenvalue weighted by molar-refractivity contribution is 5.96. The van der Waals surface area contributed by atoms with Crippen LogP contribution in [0.5, 0.6) is 5.75 Å². The van der Waals surface area contributed by atoms with Crippen molar-refractivity contribution in [3.63, 3.8) is 0 Å². The van der Waals surface area contributed by atoms with Gasteiger partial charge in [-0.15, -0.1) is 12.4 Å². The smallest absolute Gasteiger partial charge is 0.243 e. The summed E-state index contributed by atoms with van der Waals surface area (Å²) in [5, 5.41) is 2.60. The number of hydrogen-bond acceptors (Lipinski definition) is 4. The van der Waals surface area contributed by atoms with Gasteiger partial charge in [0.15, 0.2) is 0 Å². The van der Waals surface area contributed by atoms with E-state index < -0.39 is 17.8 Å². The van der Waals surface area contributed by atoms with E-state index in [1.54, 1.807) is 0 Å². The number of anilines is 1. The molecule has 114 valence electrons. The lowest BCUT2D eigenvalue weighted by Gasteiger charge is -2.15. The van der Waals surface area contributed by atoms with Gasteiger partial charge in [-0.2, -0.15) is 0 Å². The number of ether oxygens (including phenoxy) is 2. The molecule has 0 aliphatic carbocycles. The minimum absolute atomic E-state index is 0. The molecular weight excluding hydrogens is 287 g/mol. The largest absolute Gasteiger partial charge is 0.491 e. The summed E-state index contributed by atoms with van der Waals surface area (Å²) in [5.74, 6) is -0.542. The zero-order valence-electron chi connectivity index (χ0n) is 11.5. The van der Waals surface area contributed by atoms with E-state index in [1.165, 1.54) is 25.3 Å². The van der Waals surface area contributed by atoms with Gasteiger partial charge in [-0.3, -0.25) is 4.79 Å². The van der Waals surface area contributed by atoms with Crippen LogP contribution in [0.4, 0.5) is 10.1 Å². The summed E-state index contributed by atoms with van der Waals surface area (Å²) < 4.78 is 23.3. The summed E-state index contributed by atoms with van der Waals surface area (Å²) in [7, 11) is 1.46. The van der Waals surface area contributed by atoms with E-state index in [0.29, 0.717) is 18.0 Å². The average Bonchev–Trinajstić information content (AvgIpc) is 2.39. The van der Waals surface area contributed by atoms with Crippen LogP contribution < -0.4 is 15.8 Å². The molecular formula is C13H20ClFN2O3. The first-order valence-corrected chi connectivity index (χ1v) is 6.06. The lowest BCUT2D eigenvalue weighted by molar-refractivity contribution is -0.118. The molecule has 0 heterocycles.